The van der Waals surface area contributed by atoms with Crippen molar-refractivity contribution in [2.75, 3.05) is 11.6 Å². The third-order valence-corrected chi connectivity index (χ3v) is 10.1. The summed E-state index contributed by atoms with van der Waals surface area (Å²) < 4.78 is 5.51. The molecule has 1 aliphatic heterocycles. The first-order valence-electron chi connectivity index (χ1n) is 20.4. The highest BCUT2D eigenvalue weighted by molar-refractivity contribution is 5.97. The summed E-state index contributed by atoms with van der Waals surface area (Å²) in [5.41, 5.74) is 13.2. The molecule has 1 aliphatic rings. The molecule has 0 spiro atoms. The van der Waals surface area contributed by atoms with E-state index in [1.54, 1.807) is 49.5 Å². The molecule has 0 bridgehead atoms. The average molecular weight is 834 g/mol. The fraction of sp³-hybridized carbons (Fsp3) is 0.348. The van der Waals surface area contributed by atoms with Crippen LogP contribution in [0.3, 0.4) is 0 Å². The summed E-state index contributed by atoms with van der Waals surface area (Å²) in [7, 11) is 0. The number of nitrogens with one attached hydrogen (secondary N) is 4. The van der Waals surface area contributed by atoms with E-state index in [0.29, 0.717) is 11.3 Å². The van der Waals surface area contributed by atoms with Crippen LogP contribution in [0.2, 0.25) is 0 Å². The van der Waals surface area contributed by atoms with E-state index in [1.165, 1.54) is 4.90 Å². The topological polar surface area (TPSA) is 212 Å². The number of hydrazine groups is 1. The quantitative estimate of drug-likeness (QED) is 0.0561. The first kappa shape index (κ1) is 45.5. The summed E-state index contributed by atoms with van der Waals surface area (Å²) >= 11 is 0. The number of nitrogens with two attached hydrogens (primary N) is 1. The lowest BCUT2D eigenvalue weighted by atomic mass is 9.96. The molecule has 5 amide bonds. The van der Waals surface area contributed by atoms with Crippen molar-refractivity contribution in [3.05, 3.63) is 126 Å². The van der Waals surface area contributed by atoms with Crippen molar-refractivity contribution in [1.29, 1.82) is 0 Å². The fourth-order valence-electron chi connectivity index (χ4n) is 6.96. The van der Waals surface area contributed by atoms with Crippen LogP contribution in [0.5, 0.6) is 0 Å². The van der Waals surface area contributed by atoms with E-state index in [-0.39, 0.29) is 63.0 Å². The lowest BCUT2D eigenvalue weighted by molar-refractivity contribution is -0.131. The lowest BCUT2D eigenvalue weighted by Gasteiger charge is -2.30. The minimum absolute atomic E-state index is 0.0128. The summed E-state index contributed by atoms with van der Waals surface area (Å²) in [5, 5.41) is 18.7. The molecule has 15 heteroatoms. The number of Topliss-reactive ketones (excluding diaryl/α,β-unsaturated/α-hetero) is 1. The van der Waals surface area contributed by atoms with Crippen molar-refractivity contribution < 1.29 is 38.6 Å². The van der Waals surface area contributed by atoms with Crippen LogP contribution in [0, 0.1) is 5.92 Å². The number of rotatable bonds is 19. The van der Waals surface area contributed by atoms with Gasteiger partial charge in [0.1, 0.15) is 19.3 Å². The largest absolute Gasteiger partial charge is 0.445 e. The number of hydrogen-bond acceptors (Lipinski definition) is 10. The van der Waals surface area contributed by atoms with Crippen molar-refractivity contribution in [2.45, 2.75) is 90.1 Å². The number of anilines is 1. The van der Waals surface area contributed by atoms with Gasteiger partial charge >= 0.3 is 6.09 Å². The number of hydrogen-bond donors (Lipinski definition) is 6. The second-order valence-corrected chi connectivity index (χ2v) is 15.5. The van der Waals surface area contributed by atoms with Crippen molar-refractivity contribution in [1.82, 2.24) is 26.4 Å². The van der Waals surface area contributed by atoms with E-state index in [1.807, 2.05) is 85.5 Å². The van der Waals surface area contributed by atoms with Gasteiger partial charge in [-0.25, -0.2) is 4.79 Å². The van der Waals surface area contributed by atoms with Crippen LogP contribution < -0.4 is 32.1 Å². The van der Waals surface area contributed by atoms with Gasteiger partial charge in [-0.15, -0.1) is 0 Å². The Morgan fingerprint density at radius 2 is 1.44 bits per heavy atom. The maximum absolute atomic E-state index is 14.3. The SMILES string of the molecule is CC(C)C[C@H](NC(=O)[C@@H](CC1=CN(C(=O)[C@H](C)N)CN1c1cccc2ccccc12)NC(=O)OCc1ccccc1)[C@@H](O)CC(=O)NNC(=O)CCCC(=O)c1ccccc1. The number of carbonyl (C=O) groups is 6. The lowest BCUT2D eigenvalue weighted by Crippen LogP contribution is -2.54. The number of nitrogens with zero attached hydrogens (tertiary/aromatic N) is 2. The summed E-state index contributed by atoms with van der Waals surface area (Å²) in [6, 6.07) is 28.3. The molecule has 1 heterocycles. The van der Waals surface area contributed by atoms with Gasteiger partial charge in [0.15, 0.2) is 5.78 Å². The summed E-state index contributed by atoms with van der Waals surface area (Å²) in [4.78, 5) is 82.0. The van der Waals surface area contributed by atoms with Gasteiger partial charge in [-0.2, -0.15) is 0 Å². The Morgan fingerprint density at radius 3 is 2.15 bits per heavy atom. The van der Waals surface area contributed by atoms with Crippen LogP contribution in [0.25, 0.3) is 10.8 Å². The van der Waals surface area contributed by atoms with E-state index >= 15 is 0 Å². The van der Waals surface area contributed by atoms with Gasteiger partial charge in [0.2, 0.25) is 23.6 Å². The minimum atomic E-state index is -1.39. The molecule has 7 N–H and O–H groups in total. The average Bonchev–Trinajstić information content (AvgIpc) is 3.67. The molecule has 0 aliphatic carbocycles. The summed E-state index contributed by atoms with van der Waals surface area (Å²) in [6.07, 6.45) is -0.559. The summed E-state index contributed by atoms with van der Waals surface area (Å²) in [5.74, 6) is -2.37. The van der Waals surface area contributed by atoms with Crippen molar-refractivity contribution in [2.24, 2.45) is 11.7 Å². The second kappa shape index (κ2) is 22.1. The van der Waals surface area contributed by atoms with Gasteiger partial charge < -0.3 is 31.1 Å². The van der Waals surface area contributed by atoms with Crippen LogP contribution in [0.1, 0.15) is 75.2 Å². The Bertz CT molecular complexity index is 2180. The fourth-order valence-corrected chi connectivity index (χ4v) is 6.96. The van der Waals surface area contributed by atoms with E-state index in [0.717, 1.165) is 22.0 Å². The van der Waals surface area contributed by atoms with Crippen molar-refractivity contribution >= 4 is 52.0 Å². The number of aliphatic hydroxyl groups excluding tert-OH is 1. The number of ether oxygens (including phenoxy) is 1. The van der Waals surface area contributed by atoms with Crippen LogP contribution in [0.4, 0.5) is 10.5 Å². The van der Waals surface area contributed by atoms with E-state index in [2.05, 4.69) is 21.5 Å². The van der Waals surface area contributed by atoms with Crippen LogP contribution in [0.15, 0.2) is 115 Å². The third-order valence-electron chi connectivity index (χ3n) is 10.1. The van der Waals surface area contributed by atoms with Gasteiger partial charge in [-0.05, 0) is 42.7 Å². The van der Waals surface area contributed by atoms with Gasteiger partial charge in [-0.3, -0.25) is 39.7 Å². The smallest absolute Gasteiger partial charge is 0.408 e. The molecular weight excluding hydrogens is 779 g/mol. The maximum atomic E-state index is 14.3. The molecule has 0 saturated carbocycles. The molecule has 5 rings (SSSR count). The highest BCUT2D eigenvalue weighted by atomic mass is 16.5. The van der Waals surface area contributed by atoms with Gasteiger partial charge in [0.05, 0.1) is 30.3 Å². The maximum Gasteiger partial charge on any atom is 0.408 e. The number of amides is 5. The number of alkyl carbamates (subject to hydrolysis) is 1. The number of aliphatic hydroxyl groups is 1. The van der Waals surface area contributed by atoms with Crippen LogP contribution in [-0.2, 0) is 30.5 Å². The molecule has 4 aromatic carbocycles. The van der Waals surface area contributed by atoms with Crippen molar-refractivity contribution in [3.63, 3.8) is 0 Å². The van der Waals surface area contributed by atoms with E-state index in [4.69, 9.17) is 10.5 Å². The highest BCUT2D eigenvalue weighted by Crippen LogP contribution is 2.34. The zero-order chi connectivity index (χ0) is 43.9. The van der Waals surface area contributed by atoms with Gasteiger partial charge in [0, 0.05) is 42.1 Å². The van der Waals surface area contributed by atoms with Gasteiger partial charge in [0.25, 0.3) is 0 Å². The normalized spacial score (nSPS) is 14.4. The first-order chi connectivity index (χ1) is 29.3. The predicted molar refractivity (Wildman–Crippen MR) is 231 cm³/mol. The highest BCUT2D eigenvalue weighted by Gasteiger charge is 2.34. The molecular formula is C46H55N7O8. The number of benzene rings is 4. The van der Waals surface area contributed by atoms with Crippen LogP contribution in [-0.4, -0.2) is 76.4 Å². The van der Waals surface area contributed by atoms with Crippen molar-refractivity contribution in [3.8, 4) is 0 Å². The Kier molecular flexibility index (Phi) is 16.5. The molecule has 15 nitrogen and oxygen atoms in total. The monoisotopic (exact) mass is 833 g/mol. The van der Waals surface area contributed by atoms with E-state index < -0.39 is 54.5 Å². The third kappa shape index (κ3) is 13.5. The Hall–Kier alpha value is -6.58. The molecule has 0 fully saturated rings. The Morgan fingerprint density at radius 1 is 0.787 bits per heavy atom. The zero-order valence-electron chi connectivity index (χ0n) is 34.7. The predicted octanol–water partition coefficient (Wildman–Crippen LogP) is 4.80. The molecule has 4 aromatic rings. The zero-order valence-corrected chi connectivity index (χ0v) is 34.7. The first-order valence-corrected chi connectivity index (χ1v) is 20.4. The molecule has 322 valence electrons. The Labute approximate surface area is 355 Å². The minimum Gasteiger partial charge on any atom is -0.445 e. The molecule has 61 heavy (non-hydrogen) atoms. The molecule has 0 aromatic heterocycles. The Balaban J connectivity index is 1.30. The molecule has 4 atom stereocenters. The molecule has 0 unspecified atom stereocenters. The number of ketones is 1. The summed E-state index contributed by atoms with van der Waals surface area (Å²) in [6.45, 7) is 5.40. The van der Waals surface area contributed by atoms with Crippen LogP contribution >= 0.6 is 0 Å². The van der Waals surface area contributed by atoms with Gasteiger partial charge in [-0.1, -0.05) is 111 Å². The van der Waals surface area contributed by atoms with E-state index in [9.17, 15) is 33.9 Å². The molecule has 0 radical (unpaired) electrons. The second-order valence-electron chi connectivity index (χ2n) is 15.5. The molecule has 0 saturated heterocycles. The standard InChI is InChI=1S/C46H55N7O8/c1-30(2)24-37(41(55)26-43(57)51-50-42(56)23-13-22-40(54)34-17-8-5-9-18-34)48-44(58)38(49-46(60)61-28-32-14-6-4-7-15-32)25-35-27-52(45(59)31(3)47)29-53(35)39-21-12-19-33-16-10-11-20-36(33)39/h4-12,14-21,27,30-31,37-38,41,55H,13,22-26,28-29,47H2,1-3H3,(H,48,58)(H,49,60)(H,50,56)(H,51,57)/t31-,37-,38+,41-/m0/s1. The number of carbonyl (C=O) groups excluding carboxylic acids is 6. The number of fused-ring (bicyclic) bond motifs is 1.